The largest absolute Gasteiger partial charge is 0.462 e. The van der Waals surface area contributed by atoms with E-state index in [1.54, 1.807) is 0 Å². The van der Waals surface area contributed by atoms with E-state index < -0.39 is 18.2 Å². The van der Waals surface area contributed by atoms with Crippen LogP contribution >= 0.6 is 0 Å². The molecule has 0 aliphatic heterocycles. The molecule has 0 radical (unpaired) electrons. The maximum absolute atomic E-state index is 13.1. The number of aliphatic hydroxyl groups excluding tert-OH is 2. The summed E-state index contributed by atoms with van der Waals surface area (Å²) in [6.45, 7) is 6.48. The Morgan fingerprint density at radius 3 is 1.11 bits per heavy atom. The molecular formula is C49H97NO5. The van der Waals surface area contributed by atoms with Crippen molar-refractivity contribution in [2.45, 2.75) is 296 Å². The second-order valence-electron chi connectivity index (χ2n) is 17.2. The minimum atomic E-state index is -0.777. The number of carbonyl (C=O) groups is 2. The fourth-order valence-corrected chi connectivity index (χ4v) is 7.90. The maximum atomic E-state index is 13.1. The fraction of sp³-hybridized carbons (Fsp3) is 0.959. The van der Waals surface area contributed by atoms with E-state index in [0.29, 0.717) is 19.3 Å². The molecule has 0 heterocycles. The zero-order chi connectivity index (χ0) is 40.3. The molecule has 55 heavy (non-hydrogen) atoms. The number of hydrogen-bond acceptors (Lipinski definition) is 5. The summed E-state index contributed by atoms with van der Waals surface area (Å²) in [7, 11) is 0. The molecule has 0 aliphatic rings. The SMILES string of the molecule is CCCCCCCCCCCCCCCCCCC(=O)OC(CCCCCCCCCCCCC)CC(=O)NC(CO)C(O)CCCCCCCCCCC. The van der Waals surface area contributed by atoms with Gasteiger partial charge in [0.2, 0.25) is 5.91 Å². The van der Waals surface area contributed by atoms with Crippen LogP contribution < -0.4 is 5.32 Å². The van der Waals surface area contributed by atoms with Gasteiger partial charge in [-0.05, 0) is 25.7 Å². The van der Waals surface area contributed by atoms with E-state index in [1.165, 1.54) is 193 Å². The van der Waals surface area contributed by atoms with Gasteiger partial charge in [0.15, 0.2) is 0 Å². The van der Waals surface area contributed by atoms with Crippen molar-refractivity contribution in [3.05, 3.63) is 0 Å². The highest BCUT2D eigenvalue weighted by atomic mass is 16.5. The Hall–Kier alpha value is -1.14. The van der Waals surface area contributed by atoms with E-state index in [4.69, 9.17) is 4.74 Å². The Morgan fingerprint density at radius 1 is 0.455 bits per heavy atom. The molecule has 0 aromatic carbocycles. The van der Waals surface area contributed by atoms with Crippen molar-refractivity contribution in [2.24, 2.45) is 0 Å². The van der Waals surface area contributed by atoms with Crippen molar-refractivity contribution in [1.82, 2.24) is 5.32 Å². The highest BCUT2D eigenvalue weighted by Gasteiger charge is 2.24. The van der Waals surface area contributed by atoms with Crippen LogP contribution in [0.4, 0.5) is 0 Å². The van der Waals surface area contributed by atoms with Crippen molar-refractivity contribution in [2.75, 3.05) is 6.61 Å². The minimum absolute atomic E-state index is 0.0870. The molecule has 0 saturated heterocycles. The topological polar surface area (TPSA) is 95.9 Å². The zero-order valence-electron chi connectivity index (χ0n) is 37.3. The predicted molar refractivity (Wildman–Crippen MR) is 237 cm³/mol. The third-order valence-corrected chi connectivity index (χ3v) is 11.7. The monoisotopic (exact) mass is 780 g/mol. The van der Waals surface area contributed by atoms with Crippen LogP contribution in [0.5, 0.6) is 0 Å². The van der Waals surface area contributed by atoms with Gasteiger partial charge in [-0.15, -0.1) is 0 Å². The van der Waals surface area contributed by atoms with Crippen LogP contribution in [0.3, 0.4) is 0 Å². The lowest BCUT2D eigenvalue weighted by Crippen LogP contribution is -2.46. The summed E-state index contributed by atoms with van der Waals surface area (Å²) in [5, 5.41) is 23.6. The summed E-state index contributed by atoms with van der Waals surface area (Å²) in [6.07, 6.45) is 45.9. The highest BCUT2D eigenvalue weighted by Crippen LogP contribution is 2.18. The van der Waals surface area contributed by atoms with Gasteiger partial charge in [0.25, 0.3) is 0 Å². The van der Waals surface area contributed by atoms with Crippen molar-refractivity contribution in [3.8, 4) is 0 Å². The summed E-state index contributed by atoms with van der Waals surface area (Å²) in [5.74, 6) is -0.455. The smallest absolute Gasteiger partial charge is 0.306 e. The number of aliphatic hydroxyl groups is 2. The number of unbranched alkanes of at least 4 members (excludes halogenated alkanes) is 33. The number of hydrogen-bond donors (Lipinski definition) is 3. The van der Waals surface area contributed by atoms with Crippen LogP contribution in [0.15, 0.2) is 0 Å². The number of rotatable bonds is 45. The Morgan fingerprint density at radius 2 is 0.764 bits per heavy atom. The Bertz CT molecular complexity index is 791. The van der Waals surface area contributed by atoms with Crippen molar-refractivity contribution < 1.29 is 24.5 Å². The maximum Gasteiger partial charge on any atom is 0.306 e. The summed E-state index contributed by atoms with van der Waals surface area (Å²) in [4.78, 5) is 26.0. The van der Waals surface area contributed by atoms with E-state index in [1.807, 2.05) is 0 Å². The third kappa shape index (κ3) is 39.5. The first-order valence-corrected chi connectivity index (χ1v) is 24.8. The van der Waals surface area contributed by atoms with Crippen LogP contribution in [0, 0.1) is 0 Å². The molecule has 328 valence electrons. The average molecular weight is 780 g/mol. The number of nitrogens with one attached hydrogen (secondary N) is 1. The lowest BCUT2D eigenvalue weighted by atomic mass is 10.0. The van der Waals surface area contributed by atoms with Gasteiger partial charge < -0.3 is 20.3 Å². The van der Waals surface area contributed by atoms with E-state index in [9.17, 15) is 19.8 Å². The van der Waals surface area contributed by atoms with Crippen molar-refractivity contribution in [1.29, 1.82) is 0 Å². The third-order valence-electron chi connectivity index (χ3n) is 11.7. The van der Waals surface area contributed by atoms with E-state index in [2.05, 4.69) is 26.1 Å². The van der Waals surface area contributed by atoms with Crippen LogP contribution in [0.25, 0.3) is 0 Å². The molecule has 0 spiro atoms. The first-order chi connectivity index (χ1) is 27.0. The molecule has 0 aliphatic carbocycles. The van der Waals surface area contributed by atoms with Gasteiger partial charge in [-0.1, -0.05) is 239 Å². The van der Waals surface area contributed by atoms with Gasteiger partial charge in [-0.2, -0.15) is 0 Å². The van der Waals surface area contributed by atoms with E-state index in [-0.39, 0.29) is 24.9 Å². The first kappa shape index (κ1) is 53.9. The molecule has 0 saturated carbocycles. The van der Waals surface area contributed by atoms with Gasteiger partial charge in [-0.25, -0.2) is 0 Å². The molecule has 0 aromatic rings. The second-order valence-corrected chi connectivity index (χ2v) is 17.2. The number of esters is 1. The molecule has 6 heteroatoms. The number of ether oxygens (including phenoxy) is 1. The van der Waals surface area contributed by atoms with Crippen LogP contribution in [-0.2, 0) is 14.3 Å². The molecule has 0 aromatic heterocycles. The van der Waals surface area contributed by atoms with Crippen molar-refractivity contribution >= 4 is 11.9 Å². The number of amides is 1. The Labute approximate surface area is 343 Å². The molecule has 0 fully saturated rings. The molecule has 0 rings (SSSR count). The summed E-state index contributed by atoms with van der Waals surface area (Å²) in [5.41, 5.74) is 0. The standard InChI is InChI=1S/C49H97NO5/c1-4-7-10-13-16-19-21-22-23-24-25-27-30-33-36-39-42-49(54)55-45(40-37-34-31-29-26-20-17-14-11-8-5-2)43-48(53)50-46(44-51)47(52)41-38-35-32-28-18-15-12-9-6-3/h45-47,51-52H,4-44H2,1-3H3,(H,50,53). The normalized spacial score (nSPS) is 13.2. The summed E-state index contributed by atoms with van der Waals surface area (Å²) in [6, 6.07) is -0.690. The molecule has 0 bridgehead atoms. The summed E-state index contributed by atoms with van der Waals surface area (Å²) >= 11 is 0. The summed E-state index contributed by atoms with van der Waals surface area (Å²) < 4.78 is 5.92. The Kier molecular flexibility index (Phi) is 43.1. The van der Waals surface area contributed by atoms with E-state index in [0.717, 1.165) is 38.5 Å². The van der Waals surface area contributed by atoms with E-state index >= 15 is 0 Å². The van der Waals surface area contributed by atoms with Gasteiger partial charge in [0.05, 0.1) is 25.2 Å². The van der Waals surface area contributed by atoms with Crippen LogP contribution in [0.1, 0.15) is 278 Å². The molecule has 6 nitrogen and oxygen atoms in total. The quantitative estimate of drug-likeness (QED) is 0.0422. The first-order valence-electron chi connectivity index (χ1n) is 24.8. The molecule has 3 unspecified atom stereocenters. The molecule has 3 N–H and O–H groups in total. The lowest BCUT2D eigenvalue weighted by molar-refractivity contribution is -0.151. The Balaban J connectivity index is 4.47. The molecule has 1 amide bonds. The predicted octanol–water partition coefficient (Wildman–Crippen LogP) is 14.4. The van der Waals surface area contributed by atoms with Gasteiger partial charge in [0, 0.05) is 6.42 Å². The average Bonchev–Trinajstić information content (AvgIpc) is 3.18. The second kappa shape index (κ2) is 44.0. The van der Waals surface area contributed by atoms with Crippen LogP contribution in [-0.4, -0.2) is 46.9 Å². The van der Waals surface area contributed by atoms with Gasteiger partial charge in [-0.3, -0.25) is 9.59 Å². The highest BCUT2D eigenvalue weighted by molar-refractivity contribution is 5.77. The van der Waals surface area contributed by atoms with Gasteiger partial charge in [0.1, 0.15) is 6.10 Å². The lowest BCUT2D eigenvalue weighted by Gasteiger charge is -2.24. The zero-order valence-corrected chi connectivity index (χ0v) is 37.3. The minimum Gasteiger partial charge on any atom is -0.462 e. The molecule has 3 atom stereocenters. The van der Waals surface area contributed by atoms with Crippen molar-refractivity contribution in [3.63, 3.8) is 0 Å². The number of carbonyl (C=O) groups excluding carboxylic acids is 2. The van der Waals surface area contributed by atoms with Gasteiger partial charge >= 0.3 is 5.97 Å². The fourth-order valence-electron chi connectivity index (χ4n) is 7.90. The van der Waals surface area contributed by atoms with Crippen LogP contribution in [0.2, 0.25) is 0 Å². The molecular weight excluding hydrogens is 683 g/mol.